The quantitative estimate of drug-likeness (QED) is 0.396. The first kappa shape index (κ1) is 17.4. The summed E-state index contributed by atoms with van der Waals surface area (Å²) in [7, 11) is 0. The molecule has 2 aliphatic rings. The Morgan fingerprint density at radius 1 is 1.04 bits per heavy atom. The molecule has 0 spiro atoms. The van der Waals surface area contributed by atoms with Crippen LogP contribution in [0, 0.1) is 0 Å². The monoisotopic (exact) mass is 490 g/mol. The average Bonchev–Trinajstić information content (AvgIpc) is 3.14. The Morgan fingerprint density at radius 2 is 1.78 bits per heavy atom. The fraction of sp³-hybridized carbons (Fsp3) is 0.429. The summed E-state index contributed by atoms with van der Waals surface area (Å²) in [6.07, 6.45) is 15.1. The molecule has 2 unspecified atom stereocenters. The third kappa shape index (κ3) is 2.98. The van der Waals surface area contributed by atoms with Crippen molar-refractivity contribution < 1.29 is 19.1 Å². The molecule has 0 nitrogen and oxygen atoms in total. The average molecular weight is 489 g/mol. The molecule has 0 saturated carbocycles. The Kier molecular flexibility index (Phi) is 4.86. The van der Waals surface area contributed by atoms with Gasteiger partial charge in [-0.3, -0.25) is 0 Å². The van der Waals surface area contributed by atoms with Gasteiger partial charge in [0.1, 0.15) is 0 Å². The summed E-state index contributed by atoms with van der Waals surface area (Å²) in [6, 6.07) is 9.06. The maximum absolute atomic E-state index is 2.73. The van der Waals surface area contributed by atoms with E-state index < -0.39 is 24.4 Å². The van der Waals surface area contributed by atoms with Crippen LogP contribution in [0.15, 0.2) is 54.1 Å². The Hall–Kier alpha value is -0.473. The predicted molar refractivity (Wildman–Crippen MR) is 103 cm³/mol. The topological polar surface area (TPSA) is 0 Å². The molecule has 23 heavy (non-hydrogen) atoms. The van der Waals surface area contributed by atoms with Crippen LogP contribution in [0.25, 0.3) is 6.08 Å². The number of hydrogen-bond donors (Lipinski definition) is 0. The molecule has 2 heteroatoms. The van der Waals surface area contributed by atoms with Gasteiger partial charge in [-0.25, -0.2) is 0 Å². The van der Waals surface area contributed by atoms with Crippen LogP contribution in [0.1, 0.15) is 36.4 Å². The van der Waals surface area contributed by atoms with Gasteiger partial charge in [0.25, 0.3) is 0 Å². The zero-order chi connectivity index (χ0) is 16.7. The van der Waals surface area contributed by atoms with Crippen molar-refractivity contribution >= 4 is 11.3 Å². The molecule has 0 saturated heterocycles. The molecule has 0 bridgehead atoms. The molecule has 0 aliphatic heterocycles. The van der Waals surface area contributed by atoms with Gasteiger partial charge in [0.2, 0.25) is 0 Å². The standard InChI is InChI=1S/C11H13Si.C8H11.2CH3.Hf/c1-12(2)11-8-7-9-5-3-4-6-10(9)11;1-2-5-8-6-3-4-7-8;;;/h3-8,11H,1-2H3;3-4,6-7H,2,5H2,1H3;2*1H3;. The summed E-state index contributed by atoms with van der Waals surface area (Å²) in [6.45, 7) is 7.66. The molecule has 2 aliphatic carbocycles. The van der Waals surface area contributed by atoms with E-state index in [1.54, 1.807) is 11.1 Å². The SMILES string of the molecule is CCCC1=C[CH]([Hf]([CH3])([CH3])[Si](C)(C)C2C=Cc3ccccc32)C=C1. The Balaban J connectivity index is 1.91. The fourth-order valence-corrected chi connectivity index (χ4v) is 33.9. The maximum atomic E-state index is 2.73. The summed E-state index contributed by atoms with van der Waals surface area (Å²) in [5.41, 5.74) is 5.40. The summed E-state index contributed by atoms with van der Waals surface area (Å²) >= 11 is -2.41. The normalized spacial score (nSPS) is 23.3. The number of fused-ring (bicyclic) bond motifs is 1. The van der Waals surface area contributed by atoms with E-state index in [-0.39, 0.29) is 0 Å². The Bertz CT molecular complexity index is 679. The molecular weight excluding hydrogens is 459 g/mol. The summed E-state index contributed by atoms with van der Waals surface area (Å²) in [5, 5.41) is -1.33. The number of benzene rings is 1. The van der Waals surface area contributed by atoms with E-state index >= 15 is 0 Å². The van der Waals surface area contributed by atoms with Crippen molar-refractivity contribution in [3.8, 4) is 0 Å². The van der Waals surface area contributed by atoms with Crippen LogP contribution >= 0.6 is 0 Å². The summed E-state index contributed by atoms with van der Waals surface area (Å²) in [4.78, 5) is 0. The van der Waals surface area contributed by atoms with Crippen molar-refractivity contribution in [2.75, 3.05) is 0 Å². The predicted octanol–water partition coefficient (Wildman–Crippen LogP) is 6.88. The van der Waals surface area contributed by atoms with Crippen LogP contribution < -0.4 is 0 Å². The van der Waals surface area contributed by atoms with Crippen molar-refractivity contribution in [1.29, 1.82) is 0 Å². The van der Waals surface area contributed by atoms with E-state index in [0.717, 1.165) is 9.22 Å². The summed E-state index contributed by atoms with van der Waals surface area (Å²) in [5.74, 6) is 0. The second-order valence-electron chi connectivity index (χ2n) is 8.29. The number of allylic oxidation sites excluding steroid dienone is 5. The van der Waals surface area contributed by atoms with Gasteiger partial charge in [0.15, 0.2) is 0 Å². The van der Waals surface area contributed by atoms with Gasteiger partial charge >= 0.3 is 147 Å². The molecule has 2 atom stereocenters. The van der Waals surface area contributed by atoms with Gasteiger partial charge in [0, 0.05) is 0 Å². The van der Waals surface area contributed by atoms with Gasteiger partial charge in [-0.15, -0.1) is 0 Å². The van der Waals surface area contributed by atoms with E-state index in [4.69, 9.17) is 0 Å². The molecule has 0 radical (unpaired) electrons. The molecule has 122 valence electrons. The van der Waals surface area contributed by atoms with Crippen LogP contribution in [0.2, 0.25) is 26.1 Å². The molecule has 1 aromatic rings. The zero-order valence-electron chi connectivity index (χ0n) is 15.3. The first-order chi connectivity index (χ1) is 10.9. The van der Waals surface area contributed by atoms with Crippen molar-refractivity contribution in [2.45, 2.75) is 51.4 Å². The van der Waals surface area contributed by atoms with E-state index in [1.165, 1.54) is 18.4 Å². The molecule has 1 aromatic carbocycles. The van der Waals surface area contributed by atoms with E-state index in [9.17, 15) is 0 Å². The molecule has 0 aromatic heterocycles. The summed E-state index contributed by atoms with van der Waals surface area (Å²) < 4.78 is 6.27. The Morgan fingerprint density at radius 3 is 2.52 bits per heavy atom. The van der Waals surface area contributed by atoms with E-state index in [0.29, 0.717) is 0 Å². The second kappa shape index (κ2) is 6.44. The molecule has 3 rings (SSSR count). The zero-order valence-corrected chi connectivity index (χ0v) is 19.9. The van der Waals surface area contributed by atoms with Gasteiger partial charge in [-0.1, -0.05) is 0 Å². The minimum absolute atomic E-state index is 0.729. The van der Waals surface area contributed by atoms with Gasteiger partial charge in [-0.2, -0.15) is 0 Å². The minimum atomic E-state index is -2.41. The van der Waals surface area contributed by atoms with Crippen molar-refractivity contribution in [3.63, 3.8) is 0 Å². The fourth-order valence-electron chi connectivity index (χ4n) is 4.18. The van der Waals surface area contributed by atoms with E-state index in [2.05, 4.69) is 84.0 Å². The van der Waals surface area contributed by atoms with Crippen molar-refractivity contribution in [2.24, 2.45) is 0 Å². The van der Waals surface area contributed by atoms with Crippen molar-refractivity contribution in [3.05, 3.63) is 65.3 Å². The van der Waals surface area contributed by atoms with Crippen LogP contribution in [0.3, 0.4) is 0 Å². The molecule has 0 fully saturated rings. The third-order valence-corrected chi connectivity index (χ3v) is 61.1. The van der Waals surface area contributed by atoms with Crippen LogP contribution in [-0.2, 0) is 19.1 Å². The molecule has 0 amide bonds. The van der Waals surface area contributed by atoms with Crippen molar-refractivity contribution in [1.82, 2.24) is 0 Å². The van der Waals surface area contributed by atoms with Gasteiger partial charge in [-0.05, 0) is 0 Å². The van der Waals surface area contributed by atoms with Crippen LogP contribution in [0.4, 0.5) is 0 Å². The Labute approximate surface area is 146 Å². The number of hydrogen-bond acceptors (Lipinski definition) is 0. The van der Waals surface area contributed by atoms with E-state index in [1.807, 2.05) is 0 Å². The first-order valence-corrected chi connectivity index (χ1v) is 26.8. The number of rotatable bonds is 5. The first-order valence-electron chi connectivity index (χ1n) is 9.04. The van der Waals surface area contributed by atoms with Crippen LogP contribution in [-0.4, -0.2) is 5.26 Å². The second-order valence-corrected chi connectivity index (χ2v) is 51.6. The molecular formula is C21H30HfSi. The molecule has 0 N–H and O–H groups in total. The van der Waals surface area contributed by atoms with Gasteiger partial charge in [0.05, 0.1) is 0 Å². The van der Waals surface area contributed by atoms with Gasteiger partial charge < -0.3 is 0 Å². The third-order valence-electron chi connectivity index (χ3n) is 6.52. The van der Waals surface area contributed by atoms with Crippen LogP contribution in [0.5, 0.6) is 0 Å². The molecule has 0 heterocycles.